The summed E-state index contributed by atoms with van der Waals surface area (Å²) in [5, 5.41) is 16.3. The first-order valence-corrected chi connectivity index (χ1v) is 25.1. The van der Waals surface area contributed by atoms with Crippen molar-refractivity contribution in [3.8, 4) is 39.9 Å². The zero-order valence-corrected chi connectivity index (χ0v) is 38.8. The summed E-state index contributed by atoms with van der Waals surface area (Å²) in [6.07, 6.45) is 0. The third-order valence-corrected chi connectivity index (χ3v) is 16.8. The van der Waals surface area contributed by atoms with Crippen LogP contribution in [-0.2, 0) is 0 Å². The maximum Gasteiger partial charge on any atom is 0.166 e. The molecule has 0 spiro atoms. The number of thiophene rings is 2. The Balaban J connectivity index is 1.07. The molecule has 11 aromatic carbocycles. The molecule has 0 bridgehead atoms. The highest BCUT2D eigenvalue weighted by Gasteiger charge is 2.25. The van der Waals surface area contributed by atoms with Crippen molar-refractivity contribution in [2.75, 3.05) is 0 Å². The van der Waals surface area contributed by atoms with Crippen LogP contribution in [0.3, 0.4) is 0 Å². The van der Waals surface area contributed by atoms with Crippen LogP contribution in [0.15, 0.2) is 211 Å². The molecule has 0 unspecified atom stereocenters. The molecule has 16 aromatic rings. The van der Waals surface area contributed by atoms with Crippen LogP contribution in [0.5, 0.6) is 0 Å². The molecule has 0 saturated heterocycles. The molecule has 324 valence electrons. The molecule has 0 amide bonds. The molecule has 5 nitrogen and oxygen atoms in total. The van der Waals surface area contributed by atoms with E-state index in [0.717, 1.165) is 75.5 Å². The number of benzene rings is 11. The van der Waals surface area contributed by atoms with Gasteiger partial charge in [0.15, 0.2) is 17.5 Å². The van der Waals surface area contributed by atoms with Gasteiger partial charge in [0.1, 0.15) is 11.2 Å². The van der Waals surface area contributed by atoms with E-state index in [-0.39, 0.29) is 0 Å². The molecule has 5 heterocycles. The van der Waals surface area contributed by atoms with Crippen molar-refractivity contribution in [3.63, 3.8) is 0 Å². The van der Waals surface area contributed by atoms with Gasteiger partial charge in [0, 0.05) is 84.0 Å². The smallest absolute Gasteiger partial charge is 0.166 e. The first-order chi connectivity index (χ1) is 34.7. The van der Waals surface area contributed by atoms with Gasteiger partial charge in [-0.1, -0.05) is 146 Å². The summed E-state index contributed by atoms with van der Waals surface area (Å²) >= 11 is 3.57. The maximum absolute atomic E-state index is 7.03. The van der Waals surface area contributed by atoms with Gasteiger partial charge in [0.05, 0.1) is 16.7 Å². The van der Waals surface area contributed by atoms with Crippen molar-refractivity contribution in [1.82, 2.24) is 19.5 Å². The molecule has 0 radical (unpaired) electrons. The third kappa shape index (κ3) is 5.44. The molecule has 16 rings (SSSR count). The molecule has 0 aliphatic rings. The molecule has 0 saturated carbocycles. The molecule has 0 atom stereocenters. The summed E-state index contributed by atoms with van der Waals surface area (Å²) in [6, 6.07) is 74.3. The van der Waals surface area contributed by atoms with Crippen LogP contribution in [0, 0.1) is 0 Å². The number of hydrogen-bond acceptors (Lipinski definition) is 6. The topological polar surface area (TPSA) is 56.7 Å². The van der Waals surface area contributed by atoms with Crippen LogP contribution >= 0.6 is 22.7 Å². The lowest BCUT2D eigenvalue weighted by Crippen LogP contribution is -2.04. The van der Waals surface area contributed by atoms with Crippen LogP contribution in [0.25, 0.3) is 156 Å². The second-order valence-electron chi connectivity index (χ2n) is 18.2. The van der Waals surface area contributed by atoms with Gasteiger partial charge in [-0.3, -0.25) is 0 Å². The number of nitrogens with zero attached hydrogens (tertiary/aromatic N) is 4. The Kier molecular flexibility index (Phi) is 7.86. The van der Waals surface area contributed by atoms with E-state index in [1.54, 1.807) is 22.7 Å². The van der Waals surface area contributed by atoms with Crippen LogP contribution in [0.1, 0.15) is 0 Å². The van der Waals surface area contributed by atoms with E-state index >= 15 is 0 Å². The Morgan fingerprint density at radius 2 is 0.871 bits per heavy atom. The minimum Gasteiger partial charge on any atom is -0.455 e. The lowest BCUT2D eigenvalue weighted by molar-refractivity contribution is 0.672. The van der Waals surface area contributed by atoms with E-state index in [9.17, 15) is 0 Å². The van der Waals surface area contributed by atoms with Crippen molar-refractivity contribution >= 4 is 139 Å². The molecular formula is C63H34N4OS2. The van der Waals surface area contributed by atoms with Gasteiger partial charge in [-0.25, -0.2) is 15.0 Å². The summed E-state index contributed by atoms with van der Waals surface area (Å²) in [6.45, 7) is 0. The van der Waals surface area contributed by atoms with E-state index in [4.69, 9.17) is 19.4 Å². The Bertz CT molecular complexity index is 4790. The van der Waals surface area contributed by atoms with Gasteiger partial charge in [-0.05, 0) is 87.6 Å². The second-order valence-corrected chi connectivity index (χ2v) is 20.3. The number of fused-ring (bicyclic) bond motifs is 17. The summed E-state index contributed by atoms with van der Waals surface area (Å²) < 4.78 is 14.2. The zero-order valence-electron chi connectivity index (χ0n) is 37.1. The lowest BCUT2D eigenvalue weighted by atomic mass is 10.0. The highest BCUT2D eigenvalue weighted by molar-refractivity contribution is 7.26. The number of rotatable bonds is 4. The average molecular weight is 927 g/mol. The summed E-state index contributed by atoms with van der Waals surface area (Å²) in [4.78, 5) is 16.7. The van der Waals surface area contributed by atoms with Crippen LogP contribution in [0.2, 0.25) is 0 Å². The quantitative estimate of drug-likeness (QED) is 0.176. The Morgan fingerprint density at radius 3 is 1.54 bits per heavy atom. The summed E-state index contributed by atoms with van der Waals surface area (Å²) in [5.74, 6) is 1.81. The first-order valence-electron chi connectivity index (χ1n) is 23.5. The monoisotopic (exact) mass is 926 g/mol. The van der Waals surface area contributed by atoms with Gasteiger partial charge in [0.2, 0.25) is 0 Å². The van der Waals surface area contributed by atoms with E-state index in [1.165, 1.54) is 63.3 Å². The fourth-order valence-electron chi connectivity index (χ4n) is 11.2. The standard InChI is InChI=1S/C63H34N4OS2/c1-2-16-38-32-52-49(31-37(38)15-1)57-39-17-5-3-13-35(39)28-30-51(57)67(52)53-33-48-43-29-27-36-14-4-6-18-40(36)58(43)68-54(48)34-50(53)63-65-61(46-23-11-21-44-41-19-7-9-25-55(41)69-59(44)46)64-62(66-63)47-24-12-22-45-42-20-8-10-26-56(42)70-60(45)47/h1-34H. The van der Waals surface area contributed by atoms with E-state index in [1.807, 2.05) is 0 Å². The van der Waals surface area contributed by atoms with Gasteiger partial charge >= 0.3 is 0 Å². The average Bonchev–Trinajstić information content (AvgIpc) is 4.18. The lowest BCUT2D eigenvalue weighted by Gasteiger charge is -2.16. The largest absolute Gasteiger partial charge is 0.455 e. The fourth-order valence-corrected chi connectivity index (χ4v) is 13.6. The Hall–Kier alpha value is -8.75. The Morgan fingerprint density at radius 1 is 0.343 bits per heavy atom. The molecular weight excluding hydrogens is 893 g/mol. The first kappa shape index (κ1) is 38.2. The van der Waals surface area contributed by atoms with Crippen molar-refractivity contribution < 1.29 is 4.42 Å². The van der Waals surface area contributed by atoms with E-state index < -0.39 is 0 Å². The molecule has 7 heteroatoms. The highest BCUT2D eigenvalue weighted by atomic mass is 32.1. The van der Waals surface area contributed by atoms with Crippen molar-refractivity contribution in [2.45, 2.75) is 0 Å². The Labute approximate surface area is 406 Å². The number of hydrogen-bond donors (Lipinski definition) is 0. The molecule has 0 aliphatic heterocycles. The second kappa shape index (κ2) is 14.4. The minimum absolute atomic E-state index is 0.565. The van der Waals surface area contributed by atoms with E-state index in [0.29, 0.717) is 17.5 Å². The van der Waals surface area contributed by atoms with Gasteiger partial charge < -0.3 is 8.98 Å². The van der Waals surface area contributed by atoms with E-state index in [2.05, 4.69) is 211 Å². The van der Waals surface area contributed by atoms with Gasteiger partial charge in [0.25, 0.3) is 0 Å². The maximum atomic E-state index is 7.03. The summed E-state index contributed by atoms with van der Waals surface area (Å²) in [5.41, 5.74) is 7.57. The van der Waals surface area contributed by atoms with Crippen molar-refractivity contribution in [3.05, 3.63) is 206 Å². The number of furan rings is 1. The fraction of sp³-hybridized carbons (Fsp3) is 0. The highest BCUT2D eigenvalue weighted by Crippen LogP contribution is 2.46. The number of aromatic nitrogens is 4. The predicted molar refractivity (Wildman–Crippen MR) is 296 cm³/mol. The molecule has 0 fully saturated rings. The minimum atomic E-state index is 0.565. The molecule has 0 N–H and O–H groups in total. The van der Waals surface area contributed by atoms with Crippen molar-refractivity contribution in [2.24, 2.45) is 0 Å². The SMILES string of the molecule is c1ccc2cc3c(cc2c1)c1c2ccccc2ccc1n3-c1cc2c(cc1-c1nc(-c3cccc4c3sc3ccccc34)nc(-c3cccc4c3sc3ccccc34)n1)oc1c3ccccc3ccc21. The molecule has 70 heavy (non-hydrogen) atoms. The molecule has 0 aliphatic carbocycles. The molecule has 5 aromatic heterocycles. The van der Waals surface area contributed by atoms with Crippen LogP contribution < -0.4 is 0 Å². The normalized spacial score (nSPS) is 12.3. The van der Waals surface area contributed by atoms with Gasteiger partial charge in [-0.15, -0.1) is 22.7 Å². The third-order valence-electron chi connectivity index (χ3n) is 14.4. The summed E-state index contributed by atoms with van der Waals surface area (Å²) in [7, 11) is 0. The predicted octanol–water partition coefficient (Wildman–Crippen LogP) is 18.1. The van der Waals surface area contributed by atoms with Crippen LogP contribution in [-0.4, -0.2) is 19.5 Å². The zero-order chi connectivity index (χ0) is 45.6. The van der Waals surface area contributed by atoms with Crippen LogP contribution in [0.4, 0.5) is 0 Å². The van der Waals surface area contributed by atoms with Gasteiger partial charge in [-0.2, -0.15) is 0 Å². The van der Waals surface area contributed by atoms with Crippen molar-refractivity contribution in [1.29, 1.82) is 0 Å².